The normalized spacial score (nSPS) is 10.3. The van der Waals surface area contributed by atoms with Gasteiger partial charge in [-0.25, -0.2) is 0 Å². The Labute approximate surface area is 136 Å². The summed E-state index contributed by atoms with van der Waals surface area (Å²) in [6.45, 7) is 8.39. The number of halogens is 2. The van der Waals surface area contributed by atoms with E-state index < -0.39 is 10.5 Å². The number of aromatic hydroxyl groups is 1. The maximum atomic E-state index is 9.93. The molecular formula is C16H22Cl2O3. The van der Waals surface area contributed by atoms with Crippen molar-refractivity contribution >= 4 is 33.7 Å². The van der Waals surface area contributed by atoms with Crippen LogP contribution in [0.5, 0.6) is 5.75 Å². The van der Waals surface area contributed by atoms with Crippen molar-refractivity contribution in [1.29, 1.82) is 0 Å². The summed E-state index contributed by atoms with van der Waals surface area (Å²) in [7, 11) is 0. The fourth-order valence-electron chi connectivity index (χ4n) is 1.71. The lowest BCUT2D eigenvalue weighted by atomic mass is 9.94. The first-order valence-corrected chi connectivity index (χ1v) is 7.60. The van der Waals surface area contributed by atoms with Gasteiger partial charge in [0.25, 0.3) is 0 Å². The van der Waals surface area contributed by atoms with Crippen LogP contribution in [0.2, 0.25) is 0 Å². The summed E-state index contributed by atoms with van der Waals surface area (Å²) in [6, 6.07) is 6.00. The molecule has 0 aliphatic carbocycles. The summed E-state index contributed by atoms with van der Waals surface area (Å²) < 4.78 is 0. The van der Waals surface area contributed by atoms with E-state index in [0.717, 1.165) is 11.1 Å². The first kappa shape index (κ1) is 19.9. The Morgan fingerprint density at radius 2 is 1.29 bits per heavy atom. The molecule has 0 heterocycles. The molecule has 118 valence electrons. The minimum Gasteiger partial charge on any atom is -0.507 e. The van der Waals surface area contributed by atoms with Crippen LogP contribution in [0.4, 0.5) is 0 Å². The Morgan fingerprint density at radius 1 is 0.952 bits per heavy atom. The summed E-state index contributed by atoms with van der Waals surface area (Å²) in [6.07, 6.45) is 0.0633. The number of carbonyl (C=O) groups excluding carboxylic acids is 2. The molecule has 0 saturated carbocycles. The monoisotopic (exact) mass is 332 g/mol. The molecule has 0 aliphatic heterocycles. The van der Waals surface area contributed by atoms with Gasteiger partial charge in [-0.3, -0.25) is 9.59 Å². The van der Waals surface area contributed by atoms with E-state index in [9.17, 15) is 14.7 Å². The number of benzene rings is 1. The first-order valence-electron chi connectivity index (χ1n) is 6.85. The molecule has 5 heteroatoms. The molecule has 0 unspecified atom stereocenters. The summed E-state index contributed by atoms with van der Waals surface area (Å²) in [4.78, 5) is 19.8. The van der Waals surface area contributed by atoms with Gasteiger partial charge in [-0.05, 0) is 46.2 Å². The van der Waals surface area contributed by atoms with Gasteiger partial charge in [-0.15, -0.1) is 0 Å². The molecule has 1 rings (SSSR count). The van der Waals surface area contributed by atoms with E-state index in [0.29, 0.717) is 17.6 Å². The summed E-state index contributed by atoms with van der Waals surface area (Å²) in [5.74, 6) is 1.25. The van der Waals surface area contributed by atoms with Crippen molar-refractivity contribution in [3.05, 3.63) is 29.3 Å². The second-order valence-electron chi connectivity index (χ2n) is 5.30. The predicted octanol–water partition coefficient (Wildman–Crippen LogP) is 4.94. The Bertz CT molecular complexity index is 442. The Balaban J connectivity index is 0.000000433. The summed E-state index contributed by atoms with van der Waals surface area (Å²) in [5, 5.41) is 8.87. The highest BCUT2D eigenvalue weighted by atomic mass is 35.5. The number of phenolic OH excluding ortho intramolecular Hbond substituents is 1. The van der Waals surface area contributed by atoms with Crippen molar-refractivity contribution in [2.45, 2.75) is 52.4 Å². The van der Waals surface area contributed by atoms with Crippen molar-refractivity contribution in [3.63, 3.8) is 0 Å². The average Bonchev–Trinajstić information content (AvgIpc) is 2.36. The molecule has 0 radical (unpaired) electrons. The Morgan fingerprint density at radius 3 is 1.52 bits per heavy atom. The quantitative estimate of drug-likeness (QED) is 0.777. The van der Waals surface area contributed by atoms with Gasteiger partial charge in [0.1, 0.15) is 5.75 Å². The zero-order chi connectivity index (χ0) is 16.6. The minimum atomic E-state index is -0.529. The molecule has 0 fully saturated rings. The second-order valence-corrected chi connectivity index (χ2v) is 6.15. The highest BCUT2D eigenvalue weighted by molar-refractivity contribution is 6.65. The van der Waals surface area contributed by atoms with Gasteiger partial charge >= 0.3 is 0 Å². The van der Waals surface area contributed by atoms with Gasteiger partial charge in [0.05, 0.1) is 0 Å². The van der Waals surface area contributed by atoms with Crippen molar-refractivity contribution in [2.75, 3.05) is 0 Å². The zero-order valence-electron chi connectivity index (χ0n) is 12.8. The van der Waals surface area contributed by atoms with E-state index in [4.69, 9.17) is 23.2 Å². The maximum Gasteiger partial charge on any atom is 0.222 e. The number of rotatable bonds is 5. The molecule has 0 spiro atoms. The molecule has 0 saturated heterocycles. The summed E-state index contributed by atoms with van der Waals surface area (Å²) >= 11 is 9.74. The van der Waals surface area contributed by atoms with Gasteiger partial charge < -0.3 is 5.11 Å². The zero-order valence-corrected chi connectivity index (χ0v) is 14.3. The Hall–Kier alpha value is -1.06. The van der Waals surface area contributed by atoms with Crippen LogP contribution in [0.25, 0.3) is 0 Å². The van der Waals surface area contributed by atoms with Crippen LogP contribution in [-0.4, -0.2) is 15.6 Å². The van der Waals surface area contributed by atoms with E-state index >= 15 is 0 Å². The van der Waals surface area contributed by atoms with Crippen molar-refractivity contribution in [3.8, 4) is 5.75 Å². The third-order valence-corrected chi connectivity index (χ3v) is 3.24. The topological polar surface area (TPSA) is 54.4 Å². The standard InChI is InChI=1S/C12H18O.C4H4Cl2O2/c1-8(2)10-6-5-7-11(9(3)4)12(10)13;5-3(7)1-2-4(6)8/h5-9,13H,1-4H3;1-2H2. The predicted molar refractivity (Wildman–Crippen MR) is 87.2 cm³/mol. The Kier molecular flexibility index (Phi) is 9.31. The molecule has 1 N–H and O–H groups in total. The fraction of sp³-hybridized carbons (Fsp3) is 0.500. The molecule has 1 aromatic carbocycles. The highest BCUT2D eigenvalue weighted by Gasteiger charge is 2.11. The van der Waals surface area contributed by atoms with Crippen LogP contribution in [0.1, 0.15) is 63.5 Å². The number of hydrogen-bond acceptors (Lipinski definition) is 3. The smallest absolute Gasteiger partial charge is 0.222 e. The lowest BCUT2D eigenvalue weighted by molar-refractivity contribution is -0.116. The van der Waals surface area contributed by atoms with Gasteiger partial charge in [0, 0.05) is 12.8 Å². The number of para-hydroxylation sites is 1. The first-order chi connectivity index (χ1) is 9.66. The van der Waals surface area contributed by atoms with E-state index in [-0.39, 0.29) is 12.8 Å². The molecule has 0 aromatic heterocycles. The van der Waals surface area contributed by atoms with Gasteiger partial charge in [-0.2, -0.15) is 0 Å². The molecule has 1 aromatic rings. The summed E-state index contributed by atoms with van der Waals surface area (Å²) in [5.41, 5.74) is 2.09. The molecule has 0 atom stereocenters. The van der Waals surface area contributed by atoms with Crippen LogP contribution in [0.15, 0.2) is 18.2 Å². The van der Waals surface area contributed by atoms with Gasteiger partial charge in [0.2, 0.25) is 10.5 Å². The van der Waals surface area contributed by atoms with Crippen LogP contribution < -0.4 is 0 Å². The van der Waals surface area contributed by atoms with Gasteiger partial charge in [-0.1, -0.05) is 45.9 Å². The highest BCUT2D eigenvalue weighted by Crippen LogP contribution is 2.32. The third kappa shape index (κ3) is 8.08. The van der Waals surface area contributed by atoms with Crippen molar-refractivity contribution in [1.82, 2.24) is 0 Å². The lowest BCUT2D eigenvalue weighted by Gasteiger charge is -2.14. The molecular weight excluding hydrogens is 311 g/mol. The number of hydrogen-bond donors (Lipinski definition) is 1. The maximum absolute atomic E-state index is 9.93. The second kappa shape index (κ2) is 9.80. The number of phenols is 1. The third-order valence-electron chi connectivity index (χ3n) is 2.86. The van der Waals surface area contributed by atoms with Crippen LogP contribution >= 0.6 is 23.2 Å². The average molecular weight is 333 g/mol. The van der Waals surface area contributed by atoms with Crippen molar-refractivity contribution in [2.24, 2.45) is 0 Å². The lowest BCUT2D eigenvalue weighted by Crippen LogP contribution is -1.94. The van der Waals surface area contributed by atoms with E-state index in [2.05, 4.69) is 27.7 Å². The SMILES string of the molecule is CC(C)c1cccc(C(C)C)c1O.O=C(Cl)CCC(=O)Cl. The number of carbonyl (C=O) groups is 2. The van der Waals surface area contributed by atoms with Gasteiger partial charge in [0.15, 0.2) is 0 Å². The minimum absolute atomic E-state index is 0.0316. The molecule has 0 bridgehead atoms. The van der Waals surface area contributed by atoms with E-state index in [1.807, 2.05) is 18.2 Å². The molecule has 21 heavy (non-hydrogen) atoms. The van der Waals surface area contributed by atoms with E-state index in [1.54, 1.807) is 0 Å². The fourth-order valence-corrected chi connectivity index (χ4v) is 1.90. The van der Waals surface area contributed by atoms with Crippen molar-refractivity contribution < 1.29 is 14.7 Å². The van der Waals surface area contributed by atoms with Crippen LogP contribution in [-0.2, 0) is 9.59 Å². The van der Waals surface area contributed by atoms with E-state index in [1.165, 1.54) is 0 Å². The molecule has 0 amide bonds. The largest absolute Gasteiger partial charge is 0.507 e. The van der Waals surface area contributed by atoms with Crippen LogP contribution in [0, 0.1) is 0 Å². The van der Waals surface area contributed by atoms with Crippen LogP contribution in [0.3, 0.4) is 0 Å². The molecule has 3 nitrogen and oxygen atoms in total. The molecule has 0 aliphatic rings.